The Morgan fingerprint density at radius 3 is 2.34 bits per heavy atom. The van der Waals surface area contributed by atoms with Crippen molar-refractivity contribution in [1.82, 2.24) is 4.90 Å². The van der Waals surface area contributed by atoms with Crippen molar-refractivity contribution in [1.29, 1.82) is 0 Å². The molecule has 0 aliphatic carbocycles. The highest BCUT2D eigenvalue weighted by molar-refractivity contribution is 7.92. The Kier molecular flexibility index (Phi) is 6.45. The first kappa shape index (κ1) is 21.5. The molecule has 0 spiro atoms. The third-order valence-corrected chi connectivity index (χ3v) is 7.35. The molecule has 3 rings (SSSR count). The summed E-state index contributed by atoms with van der Waals surface area (Å²) in [7, 11) is -1.92. The van der Waals surface area contributed by atoms with E-state index < -0.39 is 26.8 Å². The molecule has 0 aromatic heterocycles. The van der Waals surface area contributed by atoms with Gasteiger partial charge in [0.2, 0.25) is 5.91 Å². The van der Waals surface area contributed by atoms with Crippen LogP contribution in [0.1, 0.15) is 6.92 Å². The van der Waals surface area contributed by atoms with Crippen molar-refractivity contribution in [3.8, 4) is 0 Å². The number of likely N-dealkylation sites (N-methyl/N-ethyl adjacent to an activating group) is 1. The zero-order valence-electron chi connectivity index (χ0n) is 16.2. The fraction of sp³-hybridized carbons (Fsp3) is 0.350. The Morgan fingerprint density at radius 2 is 1.72 bits per heavy atom. The number of halogens is 2. The van der Waals surface area contributed by atoms with Crippen LogP contribution in [0.4, 0.5) is 15.8 Å². The lowest BCUT2D eigenvalue weighted by atomic mass is 10.2. The maximum Gasteiger partial charge on any atom is 0.242 e. The Labute approximate surface area is 175 Å². The van der Waals surface area contributed by atoms with Crippen LogP contribution in [0.2, 0.25) is 5.02 Å². The van der Waals surface area contributed by atoms with E-state index in [1.54, 1.807) is 12.1 Å². The summed E-state index contributed by atoms with van der Waals surface area (Å²) in [5.74, 6) is -1.22. The Hall–Kier alpha value is -2.16. The first-order chi connectivity index (χ1) is 13.7. The Balaban J connectivity index is 1.82. The molecular formula is C20H23ClFN3O3S. The van der Waals surface area contributed by atoms with E-state index >= 15 is 0 Å². The minimum absolute atomic E-state index is 0.105. The van der Waals surface area contributed by atoms with Crippen molar-refractivity contribution in [2.75, 3.05) is 43.4 Å². The largest absolute Gasteiger partial charge is 0.367 e. The third-order valence-electron chi connectivity index (χ3n) is 5.04. The Bertz CT molecular complexity index is 991. The first-order valence-corrected chi connectivity index (χ1v) is 11.1. The van der Waals surface area contributed by atoms with Crippen LogP contribution in [0.25, 0.3) is 0 Å². The highest BCUT2D eigenvalue weighted by Crippen LogP contribution is 2.30. The number of nitrogens with one attached hydrogen (secondary N) is 1. The summed E-state index contributed by atoms with van der Waals surface area (Å²) in [6.45, 7) is 4.64. The predicted octanol–water partition coefficient (Wildman–Crippen LogP) is 3.03. The van der Waals surface area contributed by atoms with Crippen LogP contribution in [0, 0.1) is 5.82 Å². The predicted molar refractivity (Wildman–Crippen MR) is 113 cm³/mol. The minimum Gasteiger partial charge on any atom is -0.367 e. The normalized spacial score (nSPS) is 16.5. The molecule has 1 unspecified atom stereocenters. The van der Waals surface area contributed by atoms with Gasteiger partial charge < -0.3 is 15.1 Å². The molecule has 29 heavy (non-hydrogen) atoms. The molecule has 0 radical (unpaired) electrons. The minimum atomic E-state index is -3.96. The number of hydrogen-bond acceptors (Lipinski definition) is 5. The van der Waals surface area contributed by atoms with Crippen LogP contribution in [-0.2, 0) is 14.6 Å². The number of hydrogen-bond donors (Lipinski definition) is 1. The number of carbonyl (C=O) groups is 1. The van der Waals surface area contributed by atoms with E-state index in [1.807, 2.05) is 13.1 Å². The second-order valence-corrected chi connectivity index (χ2v) is 9.79. The molecule has 1 N–H and O–H groups in total. The number of anilines is 2. The fourth-order valence-electron chi connectivity index (χ4n) is 3.14. The number of benzene rings is 2. The molecule has 6 nitrogen and oxygen atoms in total. The molecule has 0 bridgehead atoms. The smallest absolute Gasteiger partial charge is 0.242 e. The first-order valence-electron chi connectivity index (χ1n) is 9.22. The van der Waals surface area contributed by atoms with Crippen LogP contribution in [0.15, 0.2) is 47.4 Å². The molecule has 1 heterocycles. The summed E-state index contributed by atoms with van der Waals surface area (Å²) in [6, 6.07) is 9.60. The van der Waals surface area contributed by atoms with Crippen LogP contribution in [0.5, 0.6) is 0 Å². The van der Waals surface area contributed by atoms with Gasteiger partial charge in [0.05, 0.1) is 16.3 Å². The molecule has 1 aliphatic heterocycles. The lowest BCUT2D eigenvalue weighted by Crippen LogP contribution is -2.45. The van der Waals surface area contributed by atoms with E-state index in [-0.39, 0.29) is 4.90 Å². The molecule has 1 fully saturated rings. The summed E-state index contributed by atoms with van der Waals surface area (Å²) in [5.41, 5.74) is 1.26. The van der Waals surface area contributed by atoms with E-state index in [4.69, 9.17) is 11.6 Å². The van der Waals surface area contributed by atoms with Crippen molar-refractivity contribution in [2.45, 2.75) is 17.1 Å². The van der Waals surface area contributed by atoms with Crippen molar-refractivity contribution in [2.24, 2.45) is 0 Å². The maximum absolute atomic E-state index is 13.1. The molecule has 1 amide bonds. The molecule has 1 atom stereocenters. The number of amides is 1. The number of piperazine rings is 1. The molecule has 1 saturated heterocycles. The standard InChI is InChI=1S/C20H23ClFN3O3S/c1-14(29(27,28)17-6-4-16(22)5-7-17)20(26)23-18-13-15(21)3-8-19(18)25-11-9-24(2)10-12-25/h3-8,13-14H,9-12H2,1-2H3,(H,23,26). The van der Waals surface area contributed by atoms with E-state index in [2.05, 4.69) is 15.1 Å². The quantitative estimate of drug-likeness (QED) is 0.725. The van der Waals surface area contributed by atoms with Gasteiger partial charge >= 0.3 is 0 Å². The number of sulfone groups is 1. The lowest BCUT2D eigenvalue weighted by molar-refractivity contribution is -0.115. The van der Waals surface area contributed by atoms with Gasteiger partial charge in [0.15, 0.2) is 9.84 Å². The third kappa shape index (κ3) is 4.88. The topological polar surface area (TPSA) is 69.7 Å². The van der Waals surface area contributed by atoms with Gasteiger partial charge in [-0.05, 0) is 56.4 Å². The Morgan fingerprint density at radius 1 is 1.10 bits per heavy atom. The van der Waals surface area contributed by atoms with Crippen molar-refractivity contribution >= 4 is 38.7 Å². The summed E-state index contributed by atoms with van der Waals surface area (Å²) >= 11 is 6.11. The zero-order valence-corrected chi connectivity index (χ0v) is 17.8. The van der Waals surface area contributed by atoms with E-state index in [1.165, 1.54) is 6.92 Å². The van der Waals surface area contributed by atoms with Gasteiger partial charge in [-0.25, -0.2) is 12.8 Å². The fourth-order valence-corrected chi connectivity index (χ4v) is 4.57. The molecule has 0 saturated carbocycles. The average molecular weight is 440 g/mol. The second-order valence-electron chi connectivity index (χ2n) is 7.08. The van der Waals surface area contributed by atoms with Crippen molar-refractivity contribution in [3.63, 3.8) is 0 Å². The van der Waals surface area contributed by atoms with Crippen LogP contribution < -0.4 is 10.2 Å². The second kappa shape index (κ2) is 8.69. The summed E-state index contributed by atoms with van der Waals surface area (Å²) in [5, 5.41) is 1.80. The van der Waals surface area contributed by atoms with Gasteiger partial charge in [-0.15, -0.1) is 0 Å². The van der Waals surface area contributed by atoms with Gasteiger partial charge in [0, 0.05) is 31.2 Å². The van der Waals surface area contributed by atoms with Gasteiger partial charge in [-0.3, -0.25) is 4.79 Å². The monoisotopic (exact) mass is 439 g/mol. The number of nitrogens with zero attached hydrogens (tertiary/aromatic N) is 2. The van der Waals surface area contributed by atoms with Crippen LogP contribution in [-0.4, -0.2) is 57.7 Å². The highest BCUT2D eigenvalue weighted by Gasteiger charge is 2.30. The molecule has 9 heteroatoms. The van der Waals surface area contributed by atoms with E-state index in [0.717, 1.165) is 56.1 Å². The van der Waals surface area contributed by atoms with Crippen LogP contribution in [0.3, 0.4) is 0 Å². The van der Waals surface area contributed by atoms with E-state index in [0.29, 0.717) is 10.7 Å². The SMILES string of the molecule is CC(C(=O)Nc1cc(Cl)ccc1N1CCN(C)CC1)S(=O)(=O)c1ccc(F)cc1. The summed E-state index contributed by atoms with van der Waals surface area (Å²) < 4.78 is 38.6. The highest BCUT2D eigenvalue weighted by atomic mass is 35.5. The summed E-state index contributed by atoms with van der Waals surface area (Å²) in [4.78, 5) is 17.0. The summed E-state index contributed by atoms with van der Waals surface area (Å²) in [6.07, 6.45) is 0. The molecule has 2 aromatic carbocycles. The van der Waals surface area contributed by atoms with Crippen molar-refractivity contribution < 1.29 is 17.6 Å². The van der Waals surface area contributed by atoms with Crippen LogP contribution >= 0.6 is 11.6 Å². The van der Waals surface area contributed by atoms with Gasteiger partial charge in [0.25, 0.3) is 0 Å². The average Bonchev–Trinajstić information content (AvgIpc) is 2.68. The molecule has 156 valence electrons. The molecular weight excluding hydrogens is 417 g/mol. The van der Waals surface area contributed by atoms with Crippen molar-refractivity contribution in [3.05, 3.63) is 53.3 Å². The van der Waals surface area contributed by atoms with Gasteiger partial charge in [-0.1, -0.05) is 11.6 Å². The number of rotatable bonds is 5. The van der Waals surface area contributed by atoms with Gasteiger partial charge in [-0.2, -0.15) is 0 Å². The maximum atomic E-state index is 13.1. The lowest BCUT2D eigenvalue weighted by Gasteiger charge is -2.35. The number of carbonyl (C=O) groups excluding carboxylic acids is 1. The molecule has 2 aromatic rings. The van der Waals surface area contributed by atoms with E-state index in [9.17, 15) is 17.6 Å². The van der Waals surface area contributed by atoms with Gasteiger partial charge in [0.1, 0.15) is 11.1 Å². The zero-order chi connectivity index (χ0) is 21.2. The molecule has 1 aliphatic rings.